The summed E-state index contributed by atoms with van der Waals surface area (Å²) in [5.41, 5.74) is 4.23. The van der Waals surface area contributed by atoms with Crippen molar-refractivity contribution in [3.63, 3.8) is 0 Å². The van der Waals surface area contributed by atoms with Crippen molar-refractivity contribution in [2.24, 2.45) is 0 Å². The van der Waals surface area contributed by atoms with Gasteiger partial charge in [-0.3, -0.25) is 14.9 Å². The van der Waals surface area contributed by atoms with E-state index in [4.69, 9.17) is 4.74 Å². The highest BCUT2D eigenvalue weighted by molar-refractivity contribution is 5.89. The Labute approximate surface area is 188 Å². The van der Waals surface area contributed by atoms with Gasteiger partial charge in [-0.05, 0) is 43.0 Å². The minimum atomic E-state index is -2.29. The Morgan fingerprint density at radius 2 is 2.00 bits per heavy atom. The molecular weight excluding hydrogens is 428 g/mol. The van der Waals surface area contributed by atoms with Crippen molar-refractivity contribution in [1.82, 2.24) is 29.5 Å². The highest BCUT2D eigenvalue weighted by Crippen LogP contribution is 2.48. The highest BCUT2D eigenvalue weighted by Gasteiger charge is 2.54. The van der Waals surface area contributed by atoms with Crippen molar-refractivity contribution in [2.75, 3.05) is 25.5 Å². The quantitative estimate of drug-likeness (QED) is 0.480. The van der Waals surface area contributed by atoms with E-state index in [-0.39, 0.29) is 18.1 Å². The van der Waals surface area contributed by atoms with E-state index < -0.39 is 6.43 Å². The molecule has 33 heavy (non-hydrogen) atoms. The molecule has 2 fully saturated rings. The summed E-state index contributed by atoms with van der Waals surface area (Å²) < 4.78 is 32.9. The van der Waals surface area contributed by atoms with Gasteiger partial charge in [0.1, 0.15) is 5.52 Å². The van der Waals surface area contributed by atoms with Gasteiger partial charge in [-0.2, -0.15) is 4.98 Å². The van der Waals surface area contributed by atoms with Gasteiger partial charge < -0.3 is 10.1 Å². The van der Waals surface area contributed by atoms with Crippen LogP contribution >= 0.6 is 0 Å². The predicted octanol–water partition coefficient (Wildman–Crippen LogP) is 3.63. The Hall–Kier alpha value is -3.40. The molecule has 8 nitrogen and oxygen atoms in total. The monoisotopic (exact) mass is 451 g/mol. The summed E-state index contributed by atoms with van der Waals surface area (Å²) >= 11 is 0. The maximum Gasteiger partial charge on any atom is 0.251 e. The van der Waals surface area contributed by atoms with Crippen LogP contribution in [0.3, 0.4) is 0 Å². The number of methoxy groups -OCH3 is 1. The van der Waals surface area contributed by atoms with Gasteiger partial charge in [-0.25, -0.2) is 13.3 Å². The van der Waals surface area contributed by atoms with Crippen LogP contribution in [0.5, 0.6) is 5.88 Å². The number of benzene rings is 1. The second-order valence-corrected chi connectivity index (χ2v) is 8.79. The molecule has 1 aliphatic carbocycles. The first-order valence-electron chi connectivity index (χ1n) is 11.0. The third-order valence-corrected chi connectivity index (χ3v) is 6.92. The maximum absolute atomic E-state index is 12.8. The number of nitrogens with one attached hydrogen (secondary N) is 1. The van der Waals surface area contributed by atoms with E-state index >= 15 is 0 Å². The van der Waals surface area contributed by atoms with Crippen LogP contribution in [0.1, 0.15) is 19.3 Å². The number of alkyl halides is 2. The van der Waals surface area contributed by atoms with Crippen LogP contribution in [0.25, 0.3) is 27.7 Å². The summed E-state index contributed by atoms with van der Waals surface area (Å²) in [5, 5.41) is 7.99. The van der Waals surface area contributed by atoms with Crippen LogP contribution < -0.4 is 10.1 Å². The molecule has 0 bridgehead atoms. The van der Waals surface area contributed by atoms with Crippen molar-refractivity contribution < 1.29 is 13.5 Å². The molecule has 1 N–H and O–H groups in total. The lowest BCUT2D eigenvalue weighted by molar-refractivity contribution is -0.102. The molecule has 0 atom stereocenters. The maximum atomic E-state index is 12.8. The number of halogens is 2. The summed E-state index contributed by atoms with van der Waals surface area (Å²) in [6, 6.07) is 8.05. The fourth-order valence-electron chi connectivity index (χ4n) is 5.20. The largest absolute Gasteiger partial charge is 0.479 e. The molecule has 0 amide bonds. The normalized spacial score (nSPS) is 22.6. The molecule has 4 heterocycles. The summed E-state index contributed by atoms with van der Waals surface area (Å²) in [5.74, 6) is 0.925. The van der Waals surface area contributed by atoms with Gasteiger partial charge >= 0.3 is 0 Å². The van der Waals surface area contributed by atoms with Crippen LogP contribution in [-0.2, 0) is 0 Å². The first-order valence-corrected chi connectivity index (χ1v) is 11.0. The van der Waals surface area contributed by atoms with E-state index in [0.29, 0.717) is 11.8 Å². The predicted molar refractivity (Wildman–Crippen MR) is 120 cm³/mol. The van der Waals surface area contributed by atoms with Gasteiger partial charge in [-0.15, -0.1) is 5.10 Å². The number of hydrogen-bond donors (Lipinski definition) is 1. The zero-order chi connectivity index (χ0) is 22.6. The number of nitrogens with zero attached hydrogens (tertiary/aromatic N) is 6. The van der Waals surface area contributed by atoms with Gasteiger partial charge in [0.05, 0.1) is 24.7 Å². The van der Waals surface area contributed by atoms with E-state index in [9.17, 15) is 8.78 Å². The number of aromatic nitrogens is 5. The standard InChI is InChI=1S/C23H23F2N7O/c1-33-21-20-16(14-2-3-17-18(10-14)27-7-6-26-17)4-8-32(20)30-22(29-21)28-15-11-23(12-15)5-9-31(23)13-19(24)25/h2-4,6-8,10,15,19H,5,9,11-13H2,1H3,(H,28,30)/t15-,23+. The lowest BCUT2D eigenvalue weighted by Crippen LogP contribution is -2.69. The van der Waals surface area contributed by atoms with E-state index in [1.54, 1.807) is 24.0 Å². The molecule has 0 unspecified atom stereocenters. The number of anilines is 1. The topological polar surface area (TPSA) is 80.5 Å². The summed E-state index contributed by atoms with van der Waals surface area (Å²) in [4.78, 5) is 15.2. The molecule has 2 aliphatic rings. The van der Waals surface area contributed by atoms with E-state index in [1.807, 2.05) is 35.4 Å². The van der Waals surface area contributed by atoms with Gasteiger partial charge in [0.15, 0.2) is 0 Å². The molecule has 1 aromatic carbocycles. The van der Waals surface area contributed by atoms with Crippen molar-refractivity contribution in [1.29, 1.82) is 0 Å². The third-order valence-electron chi connectivity index (χ3n) is 6.92. The third kappa shape index (κ3) is 3.36. The zero-order valence-corrected chi connectivity index (χ0v) is 18.1. The molecule has 0 radical (unpaired) electrons. The van der Waals surface area contributed by atoms with Crippen molar-refractivity contribution in [3.8, 4) is 17.0 Å². The Morgan fingerprint density at radius 3 is 2.73 bits per heavy atom. The molecule has 6 rings (SSSR count). The number of likely N-dealkylation sites (tertiary alicyclic amines) is 1. The molecule has 10 heteroatoms. The Kier molecular flexibility index (Phi) is 4.65. The molecule has 4 aromatic rings. The summed E-state index contributed by atoms with van der Waals surface area (Å²) in [7, 11) is 1.59. The fraction of sp³-hybridized carbons (Fsp3) is 0.391. The summed E-state index contributed by atoms with van der Waals surface area (Å²) in [6.07, 6.45) is 5.54. The number of fused-ring (bicyclic) bond motifs is 2. The van der Waals surface area contributed by atoms with Crippen LogP contribution in [0.15, 0.2) is 42.9 Å². The molecule has 1 saturated carbocycles. The van der Waals surface area contributed by atoms with Gasteiger partial charge in [-0.1, -0.05) is 6.07 Å². The average molecular weight is 451 g/mol. The molecule has 3 aromatic heterocycles. The van der Waals surface area contributed by atoms with E-state index in [2.05, 4.69) is 25.4 Å². The molecular formula is C23H23F2N7O. The van der Waals surface area contributed by atoms with E-state index in [0.717, 1.165) is 53.5 Å². The average Bonchev–Trinajstić information content (AvgIpc) is 3.22. The Bertz CT molecular complexity index is 1340. The van der Waals surface area contributed by atoms with Crippen LogP contribution in [-0.4, -0.2) is 67.7 Å². The number of hydrogen-bond acceptors (Lipinski definition) is 7. The lowest BCUT2D eigenvalue weighted by atomic mass is 9.64. The first-order chi connectivity index (χ1) is 16.0. The van der Waals surface area contributed by atoms with Crippen LogP contribution in [0, 0.1) is 0 Å². The van der Waals surface area contributed by atoms with Gasteiger partial charge in [0.2, 0.25) is 11.8 Å². The minimum absolute atomic E-state index is 0.0815. The smallest absolute Gasteiger partial charge is 0.251 e. The second-order valence-electron chi connectivity index (χ2n) is 8.79. The zero-order valence-electron chi connectivity index (χ0n) is 18.1. The van der Waals surface area contributed by atoms with Crippen LogP contribution in [0.4, 0.5) is 14.7 Å². The summed E-state index contributed by atoms with van der Waals surface area (Å²) in [6.45, 7) is 0.606. The highest BCUT2D eigenvalue weighted by atomic mass is 19.3. The van der Waals surface area contributed by atoms with Crippen molar-refractivity contribution >= 4 is 22.5 Å². The Balaban J connectivity index is 1.25. The molecule has 170 valence electrons. The van der Waals surface area contributed by atoms with Crippen molar-refractivity contribution in [2.45, 2.75) is 37.3 Å². The molecule has 1 spiro atoms. The first kappa shape index (κ1) is 20.2. The Morgan fingerprint density at radius 1 is 1.18 bits per heavy atom. The molecule has 1 aliphatic heterocycles. The van der Waals surface area contributed by atoms with Gasteiger partial charge in [0, 0.05) is 42.3 Å². The fourth-order valence-corrected chi connectivity index (χ4v) is 5.20. The molecule has 1 saturated heterocycles. The van der Waals surface area contributed by atoms with Crippen LogP contribution in [0.2, 0.25) is 0 Å². The van der Waals surface area contributed by atoms with E-state index in [1.165, 1.54) is 0 Å². The van der Waals surface area contributed by atoms with Crippen molar-refractivity contribution in [3.05, 3.63) is 42.9 Å². The lowest BCUT2D eigenvalue weighted by Gasteiger charge is -2.61. The number of rotatable bonds is 6. The SMILES string of the molecule is COc1nc(N[C@H]2C[C@]3(CCN3CC(F)F)C2)nn2ccc(-c3ccc4nccnc4c3)c12. The minimum Gasteiger partial charge on any atom is -0.479 e. The van der Waals surface area contributed by atoms with Gasteiger partial charge in [0.25, 0.3) is 6.43 Å². The number of ether oxygens (including phenoxy) is 1. The second kappa shape index (κ2) is 7.58.